The average molecular weight is 232 g/mol. The number of hydrogen-bond donors (Lipinski definition) is 0. The van der Waals surface area contributed by atoms with Gasteiger partial charge >= 0.3 is 0 Å². The third-order valence-electron chi connectivity index (χ3n) is 3.87. The summed E-state index contributed by atoms with van der Waals surface area (Å²) in [6.45, 7) is 6.03. The standard InChI is InChI=1S/C14H20N2O/c1-14(2)9-11(17)8-13(12(14)10-15)16-6-4-3-5-7-16/h8,12H,3-7,9H2,1-2H3. The van der Waals surface area contributed by atoms with E-state index in [2.05, 4.69) is 11.0 Å². The molecule has 1 saturated heterocycles. The smallest absolute Gasteiger partial charge is 0.158 e. The summed E-state index contributed by atoms with van der Waals surface area (Å²) in [7, 11) is 0. The van der Waals surface area contributed by atoms with Gasteiger partial charge in [-0.05, 0) is 24.7 Å². The van der Waals surface area contributed by atoms with Gasteiger partial charge in [-0.15, -0.1) is 0 Å². The molecule has 0 spiro atoms. The van der Waals surface area contributed by atoms with Crippen LogP contribution in [0.25, 0.3) is 0 Å². The van der Waals surface area contributed by atoms with E-state index >= 15 is 0 Å². The van der Waals surface area contributed by atoms with Crippen molar-refractivity contribution in [1.82, 2.24) is 4.90 Å². The van der Waals surface area contributed by atoms with E-state index in [0.717, 1.165) is 18.8 Å². The first kappa shape index (κ1) is 12.2. The Hall–Kier alpha value is -1.30. The number of allylic oxidation sites excluding steroid dienone is 2. The van der Waals surface area contributed by atoms with E-state index in [1.54, 1.807) is 6.08 Å². The van der Waals surface area contributed by atoms with Crippen molar-refractivity contribution in [2.45, 2.75) is 39.5 Å². The van der Waals surface area contributed by atoms with Crippen molar-refractivity contribution >= 4 is 5.78 Å². The zero-order chi connectivity index (χ0) is 12.5. The largest absolute Gasteiger partial charge is 0.374 e. The summed E-state index contributed by atoms with van der Waals surface area (Å²) in [6.07, 6.45) is 5.81. The number of carbonyl (C=O) groups is 1. The van der Waals surface area contributed by atoms with E-state index in [1.165, 1.54) is 19.3 Å². The minimum atomic E-state index is -0.229. The molecule has 1 aliphatic heterocycles. The molecular formula is C14H20N2O. The number of carbonyl (C=O) groups excluding carboxylic acids is 1. The van der Waals surface area contributed by atoms with Crippen molar-refractivity contribution in [2.24, 2.45) is 11.3 Å². The van der Waals surface area contributed by atoms with Gasteiger partial charge in [-0.1, -0.05) is 13.8 Å². The van der Waals surface area contributed by atoms with Crippen LogP contribution >= 0.6 is 0 Å². The second-order valence-corrected chi connectivity index (χ2v) is 5.81. The van der Waals surface area contributed by atoms with Crippen molar-refractivity contribution in [3.63, 3.8) is 0 Å². The molecule has 1 unspecified atom stereocenters. The highest BCUT2D eigenvalue weighted by Crippen LogP contribution is 2.41. The van der Waals surface area contributed by atoms with Gasteiger partial charge < -0.3 is 4.90 Å². The van der Waals surface area contributed by atoms with Crippen molar-refractivity contribution in [3.05, 3.63) is 11.8 Å². The molecule has 3 heteroatoms. The number of ketones is 1. The Morgan fingerprint density at radius 2 is 2.00 bits per heavy atom. The molecule has 0 saturated carbocycles. The number of hydrogen-bond acceptors (Lipinski definition) is 3. The lowest BCUT2D eigenvalue weighted by atomic mass is 9.70. The van der Waals surface area contributed by atoms with Crippen LogP contribution in [0, 0.1) is 22.7 Å². The van der Waals surface area contributed by atoms with Crippen LogP contribution in [0.4, 0.5) is 0 Å². The third kappa shape index (κ3) is 2.36. The average Bonchev–Trinajstić information content (AvgIpc) is 2.28. The molecule has 0 N–H and O–H groups in total. The number of rotatable bonds is 1. The lowest BCUT2D eigenvalue weighted by Gasteiger charge is -2.41. The summed E-state index contributed by atoms with van der Waals surface area (Å²) in [5, 5.41) is 9.39. The van der Waals surface area contributed by atoms with Gasteiger partial charge in [0.15, 0.2) is 5.78 Å². The molecular weight excluding hydrogens is 212 g/mol. The highest BCUT2D eigenvalue weighted by atomic mass is 16.1. The molecule has 2 aliphatic rings. The van der Waals surface area contributed by atoms with Crippen LogP contribution in [0.15, 0.2) is 11.8 Å². The van der Waals surface area contributed by atoms with Crippen molar-refractivity contribution < 1.29 is 4.79 Å². The van der Waals surface area contributed by atoms with Crippen molar-refractivity contribution in [3.8, 4) is 6.07 Å². The summed E-state index contributed by atoms with van der Waals surface area (Å²) in [5.74, 6) is 0.0281. The molecule has 0 amide bonds. The molecule has 0 radical (unpaired) electrons. The minimum Gasteiger partial charge on any atom is -0.374 e. The first-order valence-electron chi connectivity index (χ1n) is 6.43. The Kier molecular flexibility index (Phi) is 3.24. The van der Waals surface area contributed by atoms with Gasteiger partial charge in [-0.25, -0.2) is 0 Å². The van der Waals surface area contributed by atoms with Crippen molar-refractivity contribution in [2.75, 3.05) is 13.1 Å². The van der Waals surface area contributed by atoms with Gasteiger partial charge in [0, 0.05) is 31.3 Å². The van der Waals surface area contributed by atoms with E-state index in [1.807, 2.05) is 13.8 Å². The minimum absolute atomic E-state index is 0.140. The lowest BCUT2D eigenvalue weighted by Crippen LogP contribution is -2.40. The summed E-state index contributed by atoms with van der Waals surface area (Å²) in [5.41, 5.74) is 0.737. The van der Waals surface area contributed by atoms with Gasteiger partial charge in [0.1, 0.15) is 0 Å². The molecule has 17 heavy (non-hydrogen) atoms. The van der Waals surface area contributed by atoms with Crippen LogP contribution in [0.2, 0.25) is 0 Å². The Bertz CT molecular complexity index is 384. The van der Waals surface area contributed by atoms with Crippen LogP contribution in [0.1, 0.15) is 39.5 Å². The van der Waals surface area contributed by atoms with E-state index < -0.39 is 0 Å². The third-order valence-corrected chi connectivity index (χ3v) is 3.87. The van der Waals surface area contributed by atoms with Crippen molar-refractivity contribution in [1.29, 1.82) is 5.26 Å². The van der Waals surface area contributed by atoms with Crippen LogP contribution in [0.3, 0.4) is 0 Å². The molecule has 0 bridgehead atoms. The van der Waals surface area contributed by atoms with Gasteiger partial charge in [0.25, 0.3) is 0 Å². The fourth-order valence-corrected chi connectivity index (χ4v) is 2.92. The van der Waals surface area contributed by atoms with Crippen LogP contribution < -0.4 is 0 Å². The normalized spacial score (nSPS) is 28.5. The Morgan fingerprint density at radius 1 is 1.35 bits per heavy atom. The van der Waals surface area contributed by atoms with Gasteiger partial charge in [-0.3, -0.25) is 4.79 Å². The van der Waals surface area contributed by atoms with E-state index in [-0.39, 0.29) is 17.1 Å². The van der Waals surface area contributed by atoms with Gasteiger partial charge in [-0.2, -0.15) is 5.26 Å². The molecule has 3 nitrogen and oxygen atoms in total. The fraction of sp³-hybridized carbons (Fsp3) is 0.714. The highest BCUT2D eigenvalue weighted by molar-refractivity contribution is 5.92. The second kappa shape index (κ2) is 4.52. The maximum atomic E-state index is 11.8. The molecule has 1 fully saturated rings. The van der Waals surface area contributed by atoms with E-state index in [4.69, 9.17) is 0 Å². The molecule has 2 rings (SSSR count). The summed E-state index contributed by atoms with van der Waals surface area (Å²) >= 11 is 0. The van der Waals surface area contributed by atoms with Gasteiger partial charge in [0.05, 0.1) is 12.0 Å². The Morgan fingerprint density at radius 3 is 2.59 bits per heavy atom. The van der Waals surface area contributed by atoms with Crippen LogP contribution in [-0.4, -0.2) is 23.8 Å². The molecule has 0 aromatic carbocycles. The number of likely N-dealkylation sites (tertiary alicyclic amines) is 1. The first-order chi connectivity index (χ1) is 8.04. The predicted octanol–water partition coefficient (Wildman–Crippen LogP) is 2.49. The van der Waals surface area contributed by atoms with Crippen LogP contribution in [-0.2, 0) is 4.79 Å². The quantitative estimate of drug-likeness (QED) is 0.697. The first-order valence-corrected chi connectivity index (χ1v) is 6.43. The summed E-state index contributed by atoms with van der Waals surface area (Å²) < 4.78 is 0. The fourth-order valence-electron chi connectivity index (χ4n) is 2.92. The molecule has 1 aliphatic carbocycles. The van der Waals surface area contributed by atoms with E-state index in [9.17, 15) is 10.1 Å². The second-order valence-electron chi connectivity index (χ2n) is 5.81. The topological polar surface area (TPSA) is 44.1 Å². The number of piperidine rings is 1. The summed E-state index contributed by atoms with van der Waals surface area (Å²) in [6, 6.07) is 2.40. The van der Waals surface area contributed by atoms with Gasteiger partial charge in [0.2, 0.25) is 0 Å². The maximum Gasteiger partial charge on any atom is 0.158 e. The molecule has 0 aromatic rings. The number of nitriles is 1. The predicted molar refractivity (Wildman–Crippen MR) is 66.0 cm³/mol. The SMILES string of the molecule is CC1(C)CC(=O)C=C(N2CCCCC2)C1C#N. The molecule has 92 valence electrons. The molecule has 1 heterocycles. The van der Waals surface area contributed by atoms with E-state index in [0.29, 0.717) is 6.42 Å². The highest BCUT2D eigenvalue weighted by Gasteiger charge is 2.40. The van der Waals surface area contributed by atoms with Crippen LogP contribution in [0.5, 0.6) is 0 Å². The maximum absolute atomic E-state index is 11.8. The monoisotopic (exact) mass is 232 g/mol. The summed E-state index contributed by atoms with van der Waals surface area (Å²) in [4.78, 5) is 14.0. The Balaban J connectivity index is 2.29. The molecule has 0 aromatic heterocycles. The molecule has 1 atom stereocenters. The zero-order valence-corrected chi connectivity index (χ0v) is 10.7. The Labute approximate surface area is 103 Å². The lowest BCUT2D eigenvalue weighted by molar-refractivity contribution is -0.117. The zero-order valence-electron chi connectivity index (χ0n) is 10.7. The number of nitrogens with zero attached hydrogens (tertiary/aromatic N) is 2.